The van der Waals surface area contributed by atoms with Gasteiger partial charge in [0.05, 0.1) is 28.8 Å². The zero-order valence-corrected chi connectivity index (χ0v) is 16.8. The highest BCUT2D eigenvalue weighted by Crippen LogP contribution is 2.32. The molecule has 1 aliphatic heterocycles. The molecule has 0 radical (unpaired) electrons. The Balaban J connectivity index is 2.08. The molecule has 1 aromatic carbocycles. The van der Waals surface area contributed by atoms with Crippen LogP contribution in [0.3, 0.4) is 0 Å². The van der Waals surface area contributed by atoms with E-state index in [0.717, 1.165) is 18.4 Å². The van der Waals surface area contributed by atoms with Crippen LogP contribution in [0.15, 0.2) is 51.9 Å². The summed E-state index contributed by atoms with van der Waals surface area (Å²) in [6.07, 6.45) is 0. The summed E-state index contributed by atoms with van der Waals surface area (Å²) in [5.74, 6) is -1.40. The molecule has 0 spiro atoms. The second-order valence-electron chi connectivity index (χ2n) is 5.82. The first-order valence-corrected chi connectivity index (χ1v) is 10.7. The number of ether oxygens (including phenoxy) is 1. The number of carbonyl (C=O) groups excluding carboxylic acids is 2. The quantitative estimate of drug-likeness (QED) is 0.611. The Kier molecular flexibility index (Phi) is 5.64. The summed E-state index contributed by atoms with van der Waals surface area (Å²) in [7, 11) is -2.71. The first-order valence-electron chi connectivity index (χ1n) is 7.87. The molecule has 0 saturated carbocycles. The van der Waals surface area contributed by atoms with Gasteiger partial charge in [0.1, 0.15) is 9.96 Å². The van der Waals surface area contributed by atoms with E-state index in [1.54, 1.807) is 0 Å². The topological polar surface area (TPSA) is 122 Å². The molecule has 0 saturated heterocycles. The van der Waals surface area contributed by atoms with Crippen molar-refractivity contribution in [1.82, 2.24) is 10.6 Å². The van der Waals surface area contributed by atoms with E-state index in [4.69, 9.17) is 16.3 Å². The van der Waals surface area contributed by atoms with Crippen LogP contribution in [0, 0.1) is 0 Å². The molecule has 28 heavy (non-hydrogen) atoms. The maximum atomic E-state index is 12.7. The number of urea groups is 1. The fourth-order valence-corrected chi connectivity index (χ4v) is 5.62. The number of thiophene rings is 1. The third-order valence-electron chi connectivity index (χ3n) is 3.97. The molecule has 2 aromatic rings. The smallest absolute Gasteiger partial charge is 0.338 e. The number of hydrogen-bond acceptors (Lipinski definition) is 7. The van der Waals surface area contributed by atoms with Crippen LogP contribution in [0.2, 0.25) is 4.34 Å². The summed E-state index contributed by atoms with van der Waals surface area (Å²) in [4.78, 5) is 24.6. The number of benzene rings is 1. The molecule has 1 atom stereocenters. The molecule has 3 rings (SSSR count). The standard InChI is InChI=1S/C17H15ClN2O6S2/c1-26-16(22)14-11(8-28(24,25)13-7-6-12(18)27-13)19-17(23)20-15(14)9-2-4-10(21)5-3-9/h2-7,15,21H,8H2,1H3,(H2,19,20,23). The van der Waals surface area contributed by atoms with E-state index in [-0.39, 0.29) is 21.2 Å². The molecule has 1 unspecified atom stereocenters. The van der Waals surface area contributed by atoms with Gasteiger partial charge in [0.25, 0.3) is 0 Å². The number of nitrogens with one attached hydrogen (secondary N) is 2. The van der Waals surface area contributed by atoms with Gasteiger partial charge in [0, 0.05) is 5.70 Å². The molecule has 11 heteroatoms. The Hall–Kier alpha value is -2.56. The number of carbonyl (C=O) groups is 2. The van der Waals surface area contributed by atoms with E-state index in [9.17, 15) is 23.1 Å². The fourth-order valence-electron chi connectivity index (χ4n) is 2.73. The molecule has 2 heterocycles. The maximum absolute atomic E-state index is 12.7. The SMILES string of the molecule is COC(=O)C1=C(CS(=O)(=O)c2ccc(Cl)s2)NC(=O)NC1c1ccc(O)cc1. The molecular formula is C17H15ClN2O6S2. The summed E-state index contributed by atoms with van der Waals surface area (Å²) in [5.41, 5.74) is 0.347. The predicted molar refractivity (Wildman–Crippen MR) is 103 cm³/mol. The van der Waals surface area contributed by atoms with E-state index in [0.29, 0.717) is 9.90 Å². The van der Waals surface area contributed by atoms with Gasteiger partial charge in [0.15, 0.2) is 9.84 Å². The number of esters is 1. The van der Waals surface area contributed by atoms with Crippen molar-refractivity contribution in [3.8, 4) is 5.75 Å². The number of halogens is 1. The van der Waals surface area contributed by atoms with E-state index in [1.807, 2.05) is 0 Å². The van der Waals surface area contributed by atoms with Crippen molar-refractivity contribution in [2.45, 2.75) is 10.3 Å². The summed E-state index contributed by atoms with van der Waals surface area (Å²) in [6, 6.07) is 7.01. The van der Waals surface area contributed by atoms with Crippen molar-refractivity contribution in [3.05, 3.63) is 57.6 Å². The molecule has 0 fully saturated rings. The van der Waals surface area contributed by atoms with Gasteiger partial charge < -0.3 is 20.5 Å². The van der Waals surface area contributed by atoms with E-state index >= 15 is 0 Å². The van der Waals surface area contributed by atoms with E-state index < -0.39 is 33.6 Å². The maximum Gasteiger partial charge on any atom is 0.338 e. The molecule has 8 nitrogen and oxygen atoms in total. The number of hydrogen-bond donors (Lipinski definition) is 3. The van der Waals surface area contributed by atoms with Gasteiger partial charge in [-0.15, -0.1) is 11.3 Å². The largest absolute Gasteiger partial charge is 0.508 e. The lowest BCUT2D eigenvalue weighted by atomic mass is 9.95. The van der Waals surface area contributed by atoms with Crippen LogP contribution in [-0.2, 0) is 19.4 Å². The first-order chi connectivity index (χ1) is 13.2. The Morgan fingerprint density at radius 1 is 1.25 bits per heavy atom. The second-order valence-corrected chi connectivity index (χ2v) is 9.76. The molecule has 3 N–H and O–H groups in total. The molecule has 0 aliphatic carbocycles. The van der Waals surface area contributed by atoms with Crippen LogP contribution in [0.25, 0.3) is 0 Å². The number of methoxy groups -OCH3 is 1. The van der Waals surface area contributed by atoms with Gasteiger partial charge in [-0.1, -0.05) is 23.7 Å². The van der Waals surface area contributed by atoms with Crippen LogP contribution < -0.4 is 10.6 Å². The number of sulfone groups is 1. The summed E-state index contributed by atoms with van der Waals surface area (Å²) >= 11 is 6.70. The van der Waals surface area contributed by atoms with E-state index in [1.165, 1.54) is 36.4 Å². The molecular weight excluding hydrogens is 428 g/mol. The Labute approximate surface area is 169 Å². The molecule has 1 aliphatic rings. The lowest BCUT2D eigenvalue weighted by Gasteiger charge is -2.29. The van der Waals surface area contributed by atoms with Gasteiger partial charge in [-0.2, -0.15) is 0 Å². The monoisotopic (exact) mass is 442 g/mol. The van der Waals surface area contributed by atoms with Crippen molar-refractivity contribution in [2.75, 3.05) is 12.9 Å². The normalized spacial score (nSPS) is 17.1. The first kappa shape index (κ1) is 20.2. The van der Waals surface area contributed by atoms with Gasteiger partial charge in [0.2, 0.25) is 0 Å². The van der Waals surface area contributed by atoms with Crippen LogP contribution >= 0.6 is 22.9 Å². The minimum absolute atomic E-state index is 0.00461. The number of rotatable bonds is 5. The van der Waals surface area contributed by atoms with Crippen LogP contribution in [0.4, 0.5) is 4.79 Å². The number of phenolic OH excluding ortho intramolecular Hbond substituents is 1. The van der Waals surface area contributed by atoms with Crippen molar-refractivity contribution in [2.24, 2.45) is 0 Å². The minimum Gasteiger partial charge on any atom is -0.508 e. The molecule has 2 amide bonds. The summed E-state index contributed by atoms with van der Waals surface area (Å²) in [5, 5.41) is 14.4. The number of phenols is 1. The van der Waals surface area contributed by atoms with Crippen molar-refractivity contribution >= 4 is 44.8 Å². The van der Waals surface area contributed by atoms with Gasteiger partial charge in [-0.05, 0) is 29.8 Å². The van der Waals surface area contributed by atoms with Gasteiger partial charge in [-0.25, -0.2) is 18.0 Å². The second kappa shape index (κ2) is 7.82. The van der Waals surface area contributed by atoms with Gasteiger partial charge >= 0.3 is 12.0 Å². The van der Waals surface area contributed by atoms with Crippen molar-refractivity contribution in [1.29, 1.82) is 0 Å². The Bertz CT molecular complexity index is 1060. The average Bonchev–Trinajstić information content (AvgIpc) is 3.08. The van der Waals surface area contributed by atoms with E-state index in [2.05, 4.69) is 10.6 Å². The third-order valence-corrected chi connectivity index (χ3v) is 7.43. The molecule has 1 aromatic heterocycles. The molecule has 0 bridgehead atoms. The number of amides is 2. The van der Waals surface area contributed by atoms with Crippen molar-refractivity contribution in [3.63, 3.8) is 0 Å². The fraction of sp³-hybridized carbons (Fsp3) is 0.176. The summed E-state index contributed by atoms with van der Waals surface area (Å²) < 4.78 is 30.6. The average molecular weight is 443 g/mol. The van der Waals surface area contributed by atoms with Crippen LogP contribution in [0.5, 0.6) is 5.75 Å². The van der Waals surface area contributed by atoms with Crippen molar-refractivity contribution < 1.29 is 27.9 Å². The highest BCUT2D eigenvalue weighted by Gasteiger charge is 2.35. The predicted octanol–water partition coefficient (Wildman–Crippen LogP) is 2.36. The van der Waals surface area contributed by atoms with Crippen LogP contribution in [0.1, 0.15) is 11.6 Å². The number of aromatic hydroxyl groups is 1. The highest BCUT2D eigenvalue weighted by atomic mass is 35.5. The van der Waals surface area contributed by atoms with Gasteiger partial charge in [-0.3, -0.25) is 0 Å². The van der Waals surface area contributed by atoms with Crippen LogP contribution in [-0.4, -0.2) is 38.4 Å². The summed E-state index contributed by atoms with van der Waals surface area (Å²) in [6.45, 7) is 0. The minimum atomic E-state index is -3.86. The zero-order valence-electron chi connectivity index (χ0n) is 14.4. The Morgan fingerprint density at radius 3 is 2.50 bits per heavy atom. The zero-order chi connectivity index (χ0) is 20.5. The molecule has 148 valence electrons. The lowest BCUT2D eigenvalue weighted by molar-refractivity contribution is -0.136. The highest BCUT2D eigenvalue weighted by molar-refractivity contribution is 7.93. The lowest BCUT2D eigenvalue weighted by Crippen LogP contribution is -2.47. The third kappa shape index (κ3) is 4.13. The Morgan fingerprint density at radius 2 is 1.93 bits per heavy atom.